The van der Waals surface area contributed by atoms with Crippen molar-refractivity contribution in [1.29, 1.82) is 0 Å². The maximum Gasteiger partial charge on any atom is 0.232 e. The van der Waals surface area contributed by atoms with Crippen LogP contribution in [0.2, 0.25) is 0 Å². The van der Waals surface area contributed by atoms with Crippen molar-refractivity contribution in [1.82, 2.24) is 5.32 Å². The van der Waals surface area contributed by atoms with Crippen LogP contribution >= 0.6 is 12.2 Å². The molecule has 0 spiro atoms. The van der Waals surface area contributed by atoms with E-state index in [2.05, 4.69) is 12.2 Å². The Bertz CT molecular complexity index is 269. The SMILES string of the molecule is CC1(CNC(=O)C(C)(C)C(N)=S)CC1. The highest BCUT2D eigenvalue weighted by molar-refractivity contribution is 7.80. The smallest absolute Gasteiger partial charge is 0.232 e. The van der Waals surface area contributed by atoms with Gasteiger partial charge in [0, 0.05) is 6.54 Å². The minimum absolute atomic E-state index is 0.0712. The number of nitrogens with two attached hydrogens (primary N) is 1. The zero-order chi connectivity index (χ0) is 11.0. The molecule has 4 heteroatoms. The predicted octanol–water partition coefficient (Wildman–Crippen LogP) is 1.22. The van der Waals surface area contributed by atoms with Gasteiger partial charge in [0.1, 0.15) is 0 Å². The van der Waals surface area contributed by atoms with E-state index >= 15 is 0 Å². The Morgan fingerprint density at radius 3 is 2.43 bits per heavy atom. The highest BCUT2D eigenvalue weighted by Gasteiger charge is 2.39. The lowest BCUT2D eigenvalue weighted by Gasteiger charge is -2.23. The van der Waals surface area contributed by atoms with E-state index in [1.807, 2.05) is 0 Å². The fourth-order valence-corrected chi connectivity index (χ4v) is 1.11. The van der Waals surface area contributed by atoms with E-state index in [9.17, 15) is 4.79 Å². The molecule has 1 aliphatic rings. The number of hydrogen-bond acceptors (Lipinski definition) is 2. The molecule has 1 rings (SSSR count). The molecule has 0 aromatic heterocycles. The van der Waals surface area contributed by atoms with Crippen molar-refractivity contribution >= 4 is 23.1 Å². The summed E-state index contributed by atoms with van der Waals surface area (Å²) in [4.78, 5) is 11.9. The molecule has 1 aliphatic carbocycles. The average molecular weight is 214 g/mol. The van der Waals surface area contributed by atoms with Crippen LogP contribution in [-0.2, 0) is 4.79 Å². The molecule has 0 heterocycles. The van der Waals surface area contributed by atoms with E-state index in [4.69, 9.17) is 18.0 Å². The number of thiocarbonyl (C=S) groups is 1. The van der Waals surface area contributed by atoms with Gasteiger partial charge in [-0.1, -0.05) is 19.1 Å². The first-order valence-corrected chi connectivity index (χ1v) is 5.27. The van der Waals surface area contributed by atoms with Gasteiger partial charge < -0.3 is 11.1 Å². The number of rotatable bonds is 4. The Morgan fingerprint density at radius 1 is 1.57 bits per heavy atom. The Kier molecular flexibility index (Phi) is 2.86. The van der Waals surface area contributed by atoms with Crippen molar-refractivity contribution in [3.05, 3.63) is 0 Å². The van der Waals surface area contributed by atoms with E-state index in [0.717, 1.165) is 6.54 Å². The first-order valence-electron chi connectivity index (χ1n) is 4.86. The van der Waals surface area contributed by atoms with Gasteiger partial charge in [0.2, 0.25) is 5.91 Å². The van der Waals surface area contributed by atoms with Crippen LogP contribution in [0, 0.1) is 10.8 Å². The molecule has 80 valence electrons. The molecule has 0 unspecified atom stereocenters. The highest BCUT2D eigenvalue weighted by atomic mass is 32.1. The fourth-order valence-electron chi connectivity index (χ4n) is 1.02. The topological polar surface area (TPSA) is 55.1 Å². The number of carbonyl (C=O) groups excluding carboxylic acids is 1. The van der Waals surface area contributed by atoms with E-state index in [0.29, 0.717) is 5.41 Å². The minimum atomic E-state index is -0.736. The van der Waals surface area contributed by atoms with Gasteiger partial charge in [0.05, 0.1) is 10.4 Å². The molecule has 0 bridgehead atoms. The van der Waals surface area contributed by atoms with Gasteiger partial charge in [-0.05, 0) is 32.1 Å². The van der Waals surface area contributed by atoms with Gasteiger partial charge in [-0.15, -0.1) is 0 Å². The molecule has 0 aromatic rings. The van der Waals surface area contributed by atoms with Crippen LogP contribution in [0.5, 0.6) is 0 Å². The molecule has 1 saturated carbocycles. The Labute approximate surface area is 90.4 Å². The first-order chi connectivity index (χ1) is 6.28. The van der Waals surface area contributed by atoms with E-state index < -0.39 is 5.41 Å². The summed E-state index contributed by atoms with van der Waals surface area (Å²) in [5.74, 6) is -0.0712. The van der Waals surface area contributed by atoms with Crippen LogP contribution in [0.1, 0.15) is 33.6 Å². The van der Waals surface area contributed by atoms with Crippen molar-refractivity contribution in [2.45, 2.75) is 33.6 Å². The van der Waals surface area contributed by atoms with Gasteiger partial charge in [-0.3, -0.25) is 4.79 Å². The Balaban J connectivity index is 2.45. The molecule has 0 atom stereocenters. The van der Waals surface area contributed by atoms with E-state index in [1.165, 1.54) is 12.8 Å². The van der Waals surface area contributed by atoms with E-state index in [1.54, 1.807) is 13.8 Å². The van der Waals surface area contributed by atoms with Crippen LogP contribution < -0.4 is 11.1 Å². The molecular weight excluding hydrogens is 196 g/mol. The highest BCUT2D eigenvalue weighted by Crippen LogP contribution is 2.44. The third-order valence-corrected chi connectivity index (χ3v) is 3.47. The Morgan fingerprint density at radius 2 is 2.07 bits per heavy atom. The van der Waals surface area contributed by atoms with Crippen molar-refractivity contribution in [3.8, 4) is 0 Å². The summed E-state index contributed by atoms with van der Waals surface area (Å²) in [6.45, 7) is 6.40. The van der Waals surface area contributed by atoms with Crippen molar-refractivity contribution in [2.75, 3.05) is 6.54 Å². The third kappa shape index (κ3) is 2.44. The predicted molar refractivity (Wildman–Crippen MR) is 60.9 cm³/mol. The van der Waals surface area contributed by atoms with Gasteiger partial charge >= 0.3 is 0 Å². The van der Waals surface area contributed by atoms with Gasteiger partial charge in [-0.25, -0.2) is 0 Å². The monoisotopic (exact) mass is 214 g/mol. The fraction of sp³-hybridized carbons (Fsp3) is 0.800. The number of nitrogens with one attached hydrogen (secondary N) is 1. The van der Waals surface area contributed by atoms with Crippen LogP contribution in [0.15, 0.2) is 0 Å². The van der Waals surface area contributed by atoms with Crippen molar-refractivity contribution in [3.63, 3.8) is 0 Å². The maximum absolute atomic E-state index is 11.7. The molecule has 1 amide bonds. The standard InChI is InChI=1S/C10H18N2OS/c1-9(2,7(11)14)8(13)12-6-10(3)4-5-10/h4-6H2,1-3H3,(H2,11,14)(H,12,13). The second-order valence-electron chi connectivity index (χ2n) is 4.98. The summed E-state index contributed by atoms with van der Waals surface area (Å²) >= 11 is 4.85. The molecule has 3 N–H and O–H groups in total. The van der Waals surface area contributed by atoms with Crippen LogP contribution in [0.25, 0.3) is 0 Å². The number of carbonyl (C=O) groups is 1. The first kappa shape index (κ1) is 11.4. The van der Waals surface area contributed by atoms with E-state index in [-0.39, 0.29) is 10.9 Å². The second kappa shape index (κ2) is 3.50. The lowest BCUT2D eigenvalue weighted by Crippen LogP contribution is -2.46. The summed E-state index contributed by atoms with van der Waals surface area (Å²) in [5, 5.41) is 2.90. The molecule has 0 radical (unpaired) electrons. The molecule has 0 aliphatic heterocycles. The minimum Gasteiger partial charge on any atom is -0.392 e. The van der Waals surface area contributed by atoms with Gasteiger partial charge in [-0.2, -0.15) is 0 Å². The summed E-state index contributed by atoms with van der Waals surface area (Å²) in [6, 6.07) is 0. The quantitative estimate of drug-likeness (QED) is 0.692. The van der Waals surface area contributed by atoms with Crippen LogP contribution in [0.3, 0.4) is 0 Å². The number of amides is 1. The molecule has 1 fully saturated rings. The van der Waals surface area contributed by atoms with Crippen molar-refractivity contribution in [2.24, 2.45) is 16.6 Å². The third-order valence-electron chi connectivity index (χ3n) is 2.96. The molecule has 0 saturated heterocycles. The zero-order valence-corrected chi connectivity index (χ0v) is 9.83. The van der Waals surface area contributed by atoms with Gasteiger partial charge in [0.25, 0.3) is 0 Å². The largest absolute Gasteiger partial charge is 0.392 e. The molecule has 3 nitrogen and oxygen atoms in total. The molecular formula is C10H18N2OS. The summed E-state index contributed by atoms with van der Waals surface area (Å²) in [5.41, 5.74) is 5.08. The van der Waals surface area contributed by atoms with Crippen LogP contribution in [0.4, 0.5) is 0 Å². The average Bonchev–Trinajstić information content (AvgIpc) is 2.80. The van der Waals surface area contributed by atoms with Crippen molar-refractivity contribution < 1.29 is 4.79 Å². The normalized spacial score (nSPS) is 18.8. The Hall–Kier alpha value is -0.640. The zero-order valence-electron chi connectivity index (χ0n) is 9.02. The second-order valence-corrected chi connectivity index (χ2v) is 5.42. The summed E-state index contributed by atoms with van der Waals surface area (Å²) in [6.07, 6.45) is 2.39. The van der Waals surface area contributed by atoms with Gasteiger partial charge in [0.15, 0.2) is 0 Å². The maximum atomic E-state index is 11.7. The van der Waals surface area contributed by atoms with Crippen LogP contribution in [-0.4, -0.2) is 17.4 Å². The summed E-state index contributed by atoms with van der Waals surface area (Å²) in [7, 11) is 0. The lowest BCUT2D eigenvalue weighted by molar-refractivity contribution is -0.126. The molecule has 14 heavy (non-hydrogen) atoms. The molecule has 0 aromatic carbocycles. The number of hydrogen-bond donors (Lipinski definition) is 2. The summed E-state index contributed by atoms with van der Waals surface area (Å²) < 4.78 is 0. The lowest BCUT2D eigenvalue weighted by atomic mass is 9.92.